The Hall–Kier alpha value is -2.61. The molecule has 0 spiro atoms. The number of amides is 2. The molecule has 1 unspecified atom stereocenters. The van der Waals surface area contributed by atoms with Gasteiger partial charge in [0.2, 0.25) is 11.8 Å². The van der Waals surface area contributed by atoms with Crippen LogP contribution in [0.25, 0.3) is 0 Å². The molecule has 126 valence electrons. The van der Waals surface area contributed by atoms with Crippen LogP contribution < -0.4 is 10.1 Å². The predicted molar refractivity (Wildman–Crippen MR) is 89.3 cm³/mol. The molecule has 2 rings (SSSR count). The topological polar surface area (TPSA) is 72.5 Å². The number of nitrogens with one attached hydrogen (secondary N) is 1. The number of carbonyl (C=O) groups excluding carboxylic acids is 3. The van der Waals surface area contributed by atoms with Gasteiger partial charge in [-0.2, -0.15) is 0 Å². The van der Waals surface area contributed by atoms with Crippen LogP contribution in [0.4, 0.5) is 0 Å². The first kappa shape index (κ1) is 17.7. The van der Waals surface area contributed by atoms with E-state index in [1.165, 1.54) is 6.92 Å². The van der Waals surface area contributed by atoms with Crippen LogP contribution >= 0.6 is 0 Å². The number of hydrogen-bond donors (Lipinski definition) is 1. The lowest BCUT2D eigenvalue weighted by Gasteiger charge is -2.16. The third-order valence-corrected chi connectivity index (χ3v) is 3.54. The van der Waals surface area contributed by atoms with Gasteiger partial charge >= 0.3 is 0 Å². The monoisotopic (exact) mass is 327 g/mol. The fourth-order valence-corrected chi connectivity index (χ4v) is 2.47. The molecule has 0 aromatic heterocycles. The zero-order valence-electron chi connectivity index (χ0n) is 14.1. The zero-order chi connectivity index (χ0) is 17.7. The molecule has 5 heteroatoms. The van der Waals surface area contributed by atoms with Crippen molar-refractivity contribution in [1.29, 1.82) is 0 Å². The van der Waals surface area contributed by atoms with Crippen LogP contribution in [0.1, 0.15) is 44.7 Å². The molecule has 0 aliphatic carbocycles. The third kappa shape index (κ3) is 4.69. The summed E-state index contributed by atoms with van der Waals surface area (Å²) in [5.41, 5.74) is 1.41. The van der Waals surface area contributed by atoms with Gasteiger partial charge in [-0.1, -0.05) is 17.9 Å². The average Bonchev–Trinajstić information content (AvgIpc) is 2.48. The summed E-state index contributed by atoms with van der Waals surface area (Å²) < 4.78 is 5.77. The maximum atomic E-state index is 11.8. The zero-order valence-corrected chi connectivity index (χ0v) is 14.1. The maximum absolute atomic E-state index is 11.8. The number of piperidine rings is 1. The van der Waals surface area contributed by atoms with Crippen molar-refractivity contribution in [1.82, 2.24) is 5.32 Å². The number of rotatable bonds is 4. The summed E-state index contributed by atoms with van der Waals surface area (Å²) in [6.45, 7) is 5.35. The van der Waals surface area contributed by atoms with E-state index in [4.69, 9.17) is 4.74 Å². The van der Waals surface area contributed by atoms with Gasteiger partial charge in [0.15, 0.2) is 0 Å². The van der Waals surface area contributed by atoms with E-state index in [9.17, 15) is 14.4 Å². The van der Waals surface area contributed by atoms with Crippen LogP contribution in [0.15, 0.2) is 18.2 Å². The second-order valence-electron chi connectivity index (χ2n) is 6.10. The molecule has 1 N–H and O–H groups in total. The molecule has 2 amide bonds. The van der Waals surface area contributed by atoms with Crippen molar-refractivity contribution in [3.05, 3.63) is 29.3 Å². The fourth-order valence-electron chi connectivity index (χ4n) is 2.47. The van der Waals surface area contributed by atoms with Crippen LogP contribution in [0.5, 0.6) is 5.75 Å². The van der Waals surface area contributed by atoms with Gasteiger partial charge in [-0.25, -0.2) is 0 Å². The minimum atomic E-state index is -0.512. The van der Waals surface area contributed by atoms with E-state index in [0.29, 0.717) is 24.2 Å². The summed E-state index contributed by atoms with van der Waals surface area (Å²) in [5, 5.41) is 2.29. The molecule has 1 aromatic carbocycles. The second-order valence-corrected chi connectivity index (χ2v) is 6.10. The predicted octanol–water partition coefficient (Wildman–Crippen LogP) is 2.01. The molecule has 1 heterocycles. The Morgan fingerprint density at radius 1 is 1.38 bits per heavy atom. The molecule has 24 heavy (non-hydrogen) atoms. The average molecular weight is 327 g/mol. The van der Waals surface area contributed by atoms with E-state index in [1.807, 2.05) is 32.0 Å². The molecule has 1 aromatic rings. The van der Waals surface area contributed by atoms with Crippen molar-refractivity contribution in [3.63, 3.8) is 0 Å². The number of ether oxygens (including phenoxy) is 1. The normalized spacial score (nSPS) is 17.1. The van der Waals surface area contributed by atoms with Crippen molar-refractivity contribution >= 4 is 17.6 Å². The standard InChI is InChI=1S/C19H21NO4/c1-12(2)24-17-6-4-5-14(16(17)11-13(3)21)7-8-15-9-10-18(22)20-19(15)23/h4-6,12,15H,9-11H2,1-3H3,(H,20,22,23). The lowest BCUT2D eigenvalue weighted by molar-refractivity contribution is -0.134. The Morgan fingerprint density at radius 3 is 2.75 bits per heavy atom. The Kier molecular flexibility index (Phi) is 5.75. The van der Waals surface area contributed by atoms with Crippen LogP contribution in [0.2, 0.25) is 0 Å². The Morgan fingerprint density at radius 2 is 2.12 bits per heavy atom. The van der Waals surface area contributed by atoms with Gasteiger partial charge in [-0.3, -0.25) is 19.7 Å². The Labute approximate surface area is 141 Å². The second kappa shape index (κ2) is 7.78. The lowest BCUT2D eigenvalue weighted by Crippen LogP contribution is -2.40. The lowest BCUT2D eigenvalue weighted by atomic mass is 9.97. The minimum Gasteiger partial charge on any atom is -0.491 e. The summed E-state index contributed by atoms with van der Waals surface area (Å²) in [6, 6.07) is 5.44. The van der Waals surface area contributed by atoms with Crippen molar-refractivity contribution in [2.24, 2.45) is 5.92 Å². The number of ketones is 1. The molecular formula is C19H21NO4. The van der Waals surface area contributed by atoms with Gasteiger partial charge in [0.1, 0.15) is 17.5 Å². The fraction of sp³-hybridized carbons (Fsp3) is 0.421. The molecule has 0 bridgehead atoms. The Balaban J connectivity index is 2.32. The molecule has 0 saturated carbocycles. The van der Waals surface area contributed by atoms with E-state index >= 15 is 0 Å². The van der Waals surface area contributed by atoms with Crippen molar-refractivity contribution in [2.75, 3.05) is 0 Å². The first-order valence-corrected chi connectivity index (χ1v) is 8.00. The van der Waals surface area contributed by atoms with Crippen LogP contribution in [0, 0.1) is 17.8 Å². The van der Waals surface area contributed by atoms with E-state index in [2.05, 4.69) is 17.2 Å². The molecule has 0 radical (unpaired) electrons. The van der Waals surface area contributed by atoms with E-state index in [-0.39, 0.29) is 30.1 Å². The summed E-state index contributed by atoms with van der Waals surface area (Å²) in [6.07, 6.45) is 0.917. The van der Waals surface area contributed by atoms with E-state index in [1.54, 1.807) is 0 Å². The van der Waals surface area contributed by atoms with Gasteiger partial charge in [-0.15, -0.1) is 0 Å². The summed E-state index contributed by atoms with van der Waals surface area (Å²) in [5.74, 6) is 5.43. The SMILES string of the molecule is CC(=O)Cc1c(C#CC2CCC(=O)NC2=O)cccc1OC(C)C. The molecule has 5 nitrogen and oxygen atoms in total. The quantitative estimate of drug-likeness (QED) is 0.678. The molecule has 1 atom stereocenters. The third-order valence-electron chi connectivity index (χ3n) is 3.54. The molecular weight excluding hydrogens is 306 g/mol. The van der Waals surface area contributed by atoms with Crippen molar-refractivity contribution < 1.29 is 19.1 Å². The largest absolute Gasteiger partial charge is 0.491 e. The number of carbonyl (C=O) groups is 3. The van der Waals surface area contributed by atoms with Gasteiger partial charge in [0.05, 0.1) is 6.10 Å². The number of imide groups is 1. The van der Waals surface area contributed by atoms with Gasteiger partial charge in [0, 0.05) is 24.0 Å². The van der Waals surface area contributed by atoms with E-state index < -0.39 is 5.92 Å². The van der Waals surface area contributed by atoms with Crippen molar-refractivity contribution in [3.8, 4) is 17.6 Å². The molecule has 1 aliphatic heterocycles. The van der Waals surface area contributed by atoms with Gasteiger partial charge in [-0.05, 0) is 39.3 Å². The van der Waals surface area contributed by atoms with Crippen LogP contribution in [-0.2, 0) is 20.8 Å². The number of Topliss-reactive ketones (excluding diaryl/α,β-unsaturated/α-hetero) is 1. The highest BCUT2D eigenvalue weighted by Crippen LogP contribution is 2.24. The summed E-state index contributed by atoms with van der Waals surface area (Å²) in [7, 11) is 0. The molecule has 1 fully saturated rings. The first-order valence-electron chi connectivity index (χ1n) is 8.00. The first-order chi connectivity index (χ1) is 11.4. The van der Waals surface area contributed by atoms with Gasteiger partial charge < -0.3 is 4.74 Å². The Bertz CT molecular complexity index is 725. The van der Waals surface area contributed by atoms with Crippen molar-refractivity contribution in [2.45, 2.75) is 46.1 Å². The maximum Gasteiger partial charge on any atom is 0.241 e. The van der Waals surface area contributed by atoms with E-state index in [0.717, 1.165) is 5.56 Å². The number of benzene rings is 1. The highest BCUT2D eigenvalue weighted by molar-refractivity contribution is 5.99. The summed E-state index contributed by atoms with van der Waals surface area (Å²) in [4.78, 5) is 34.6. The smallest absolute Gasteiger partial charge is 0.241 e. The number of hydrogen-bond acceptors (Lipinski definition) is 4. The van der Waals surface area contributed by atoms with Gasteiger partial charge in [0.25, 0.3) is 0 Å². The highest BCUT2D eigenvalue weighted by atomic mass is 16.5. The van der Waals surface area contributed by atoms with Crippen LogP contribution in [-0.4, -0.2) is 23.7 Å². The highest BCUT2D eigenvalue weighted by Gasteiger charge is 2.24. The summed E-state index contributed by atoms with van der Waals surface area (Å²) >= 11 is 0. The molecule has 1 saturated heterocycles. The molecule has 1 aliphatic rings. The minimum absolute atomic E-state index is 0.0128. The van der Waals surface area contributed by atoms with Crippen LogP contribution in [0.3, 0.4) is 0 Å².